The summed E-state index contributed by atoms with van der Waals surface area (Å²) in [5.41, 5.74) is 0.978. The predicted molar refractivity (Wildman–Crippen MR) is 81.3 cm³/mol. The van der Waals surface area contributed by atoms with Crippen molar-refractivity contribution in [3.63, 3.8) is 0 Å². The van der Waals surface area contributed by atoms with E-state index in [0.717, 1.165) is 29.9 Å². The summed E-state index contributed by atoms with van der Waals surface area (Å²) >= 11 is 0. The summed E-state index contributed by atoms with van der Waals surface area (Å²) in [7, 11) is 1.63. The Bertz CT molecular complexity index is 546. The Morgan fingerprint density at radius 3 is 2.67 bits per heavy atom. The van der Waals surface area contributed by atoms with Gasteiger partial charge < -0.3 is 14.5 Å². The normalized spacial score (nSPS) is 11.9. The van der Waals surface area contributed by atoms with Crippen molar-refractivity contribution in [3.05, 3.63) is 54.0 Å². The van der Waals surface area contributed by atoms with Gasteiger partial charge in [-0.25, -0.2) is 0 Å². The number of hydrogen-bond donors (Lipinski definition) is 1. The van der Waals surface area contributed by atoms with E-state index in [4.69, 9.17) is 9.15 Å². The molecule has 1 amide bonds. The van der Waals surface area contributed by atoms with Crippen LogP contribution >= 0.6 is 0 Å². The van der Waals surface area contributed by atoms with Gasteiger partial charge in [-0.15, -0.1) is 0 Å². The molecule has 1 atom stereocenters. The zero-order valence-electron chi connectivity index (χ0n) is 12.5. The molecule has 0 aliphatic heterocycles. The molecule has 0 spiro atoms. The molecule has 0 aliphatic carbocycles. The topological polar surface area (TPSA) is 51.5 Å². The molecule has 21 heavy (non-hydrogen) atoms. The average molecular weight is 287 g/mol. The quantitative estimate of drug-likeness (QED) is 0.851. The molecular formula is C17H21NO3. The summed E-state index contributed by atoms with van der Waals surface area (Å²) < 4.78 is 10.4. The molecule has 0 bridgehead atoms. The highest BCUT2D eigenvalue weighted by atomic mass is 16.5. The van der Waals surface area contributed by atoms with Gasteiger partial charge >= 0.3 is 0 Å². The molecule has 0 unspecified atom stereocenters. The lowest BCUT2D eigenvalue weighted by Gasteiger charge is -2.13. The summed E-state index contributed by atoms with van der Waals surface area (Å²) in [5.74, 6) is 1.78. The van der Waals surface area contributed by atoms with Crippen molar-refractivity contribution in [2.75, 3.05) is 7.11 Å². The van der Waals surface area contributed by atoms with Crippen LogP contribution in [0.3, 0.4) is 0 Å². The number of hydrogen-bond acceptors (Lipinski definition) is 3. The van der Waals surface area contributed by atoms with Crippen LogP contribution in [-0.4, -0.2) is 19.1 Å². The van der Waals surface area contributed by atoms with Crippen LogP contribution in [0.2, 0.25) is 0 Å². The highest BCUT2D eigenvalue weighted by Gasteiger charge is 2.09. The lowest BCUT2D eigenvalue weighted by molar-refractivity contribution is -0.121. The van der Waals surface area contributed by atoms with Crippen LogP contribution in [0, 0.1) is 0 Å². The van der Waals surface area contributed by atoms with Crippen molar-refractivity contribution in [1.82, 2.24) is 5.32 Å². The van der Waals surface area contributed by atoms with Gasteiger partial charge in [0.1, 0.15) is 11.5 Å². The van der Waals surface area contributed by atoms with E-state index in [1.54, 1.807) is 13.4 Å². The number of carbonyl (C=O) groups excluding carboxylic acids is 1. The molecule has 0 saturated carbocycles. The maximum atomic E-state index is 12.0. The fraction of sp³-hybridized carbons (Fsp3) is 0.353. The first-order valence-corrected chi connectivity index (χ1v) is 7.12. The highest BCUT2D eigenvalue weighted by molar-refractivity contribution is 5.78. The van der Waals surface area contributed by atoms with E-state index in [2.05, 4.69) is 5.32 Å². The first-order valence-electron chi connectivity index (χ1n) is 7.12. The van der Waals surface area contributed by atoms with E-state index in [1.165, 1.54) is 0 Å². The maximum Gasteiger partial charge on any atom is 0.224 e. The molecule has 0 aliphatic rings. The molecule has 2 rings (SSSR count). The van der Waals surface area contributed by atoms with Crippen LogP contribution in [0.1, 0.15) is 24.7 Å². The van der Waals surface area contributed by atoms with Crippen LogP contribution in [0.4, 0.5) is 0 Å². The number of amides is 1. The Morgan fingerprint density at radius 2 is 2.05 bits per heavy atom. The lowest BCUT2D eigenvalue weighted by atomic mass is 10.1. The van der Waals surface area contributed by atoms with Gasteiger partial charge in [0.15, 0.2) is 0 Å². The van der Waals surface area contributed by atoms with Gasteiger partial charge in [-0.3, -0.25) is 4.79 Å². The third-order valence-electron chi connectivity index (χ3n) is 3.33. The van der Waals surface area contributed by atoms with Crippen LogP contribution in [0.25, 0.3) is 0 Å². The Morgan fingerprint density at radius 1 is 1.29 bits per heavy atom. The van der Waals surface area contributed by atoms with E-state index >= 15 is 0 Å². The Balaban J connectivity index is 1.75. The fourth-order valence-corrected chi connectivity index (χ4v) is 2.14. The van der Waals surface area contributed by atoms with E-state index < -0.39 is 0 Å². The van der Waals surface area contributed by atoms with Crippen molar-refractivity contribution in [3.8, 4) is 5.75 Å². The van der Waals surface area contributed by atoms with Gasteiger partial charge in [0.05, 0.1) is 19.8 Å². The maximum absolute atomic E-state index is 12.0. The zero-order chi connectivity index (χ0) is 15.1. The Kier molecular flexibility index (Phi) is 5.43. The Labute approximate surface area is 125 Å². The van der Waals surface area contributed by atoms with Crippen LogP contribution in [0.5, 0.6) is 5.75 Å². The van der Waals surface area contributed by atoms with E-state index in [9.17, 15) is 4.79 Å². The van der Waals surface area contributed by atoms with Gasteiger partial charge in [0, 0.05) is 12.5 Å². The van der Waals surface area contributed by atoms with Crippen molar-refractivity contribution in [2.24, 2.45) is 0 Å². The van der Waals surface area contributed by atoms with Gasteiger partial charge in [-0.1, -0.05) is 12.1 Å². The number of methoxy groups -OCH3 is 1. The molecule has 4 nitrogen and oxygen atoms in total. The minimum absolute atomic E-state index is 0.0344. The van der Waals surface area contributed by atoms with Gasteiger partial charge in [0.25, 0.3) is 0 Å². The Hall–Kier alpha value is -2.23. The largest absolute Gasteiger partial charge is 0.497 e. The summed E-state index contributed by atoms with van der Waals surface area (Å²) in [6.45, 7) is 2.01. The highest BCUT2D eigenvalue weighted by Crippen LogP contribution is 2.12. The van der Waals surface area contributed by atoms with Crippen molar-refractivity contribution in [2.45, 2.75) is 32.2 Å². The molecule has 2 aromatic rings. The first kappa shape index (κ1) is 15.2. The summed E-state index contributed by atoms with van der Waals surface area (Å²) in [6.07, 6.45) is 3.75. The summed E-state index contributed by atoms with van der Waals surface area (Å²) in [6, 6.07) is 11.5. The molecular weight excluding hydrogens is 266 g/mol. The van der Waals surface area contributed by atoms with Crippen molar-refractivity contribution in [1.29, 1.82) is 0 Å². The molecule has 1 aromatic heterocycles. The average Bonchev–Trinajstić information content (AvgIpc) is 2.99. The van der Waals surface area contributed by atoms with E-state index in [-0.39, 0.29) is 11.9 Å². The minimum Gasteiger partial charge on any atom is -0.497 e. The minimum atomic E-state index is 0.0344. The number of furan rings is 1. The van der Waals surface area contributed by atoms with Crippen molar-refractivity contribution < 1.29 is 13.9 Å². The fourth-order valence-electron chi connectivity index (χ4n) is 2.14. The molecule has 112 valence electrons. The molecule has 1 aromatic carbocycles. The molecule has 0 radical (unpaired) electrons. The molecule has 1 N–H and O–H groups in total. The second-order valence-corrected chi connectivity index (χ2v) is 5.11. The second-order valence-electron chi connectivity index (χ2n) is 5.11. The third kappa shape index (κ3) is 4.99. The monoisotopic (exact) mass is 287 g/mol. The van der Waals surface area contributed by atoms with Crippen LogP contribution in [0.15, 0.2) is 47.1 Å². The SMILES string of the molecule is COc1ccc(CC(=O)N[C@@H](C)CCc2ccco2)cc1. The number of aryl methyl sites for hydroxylation is 1. The third-order valence-corrected chi connectivity index (χ3v) is 3.33. The van der Waals surface area contributed by atoms with Gasteiger partial charge in [0.2, 0.25) is 5.91 Å². The predicted octanol–water partition coefficient (Wildman–Crippen LogP) is 2.97. The van der Waals surface area contributed by atoms with E-state index in [1.807, 2.05) is 43.3 Å². The lowest BCUT2D eigenvalue weighted by Crippen LogP contribution is -2.34. The first-order chi connectivity index (χ1) is 10.2. The van der Waals surface area contributed by atoms with Crippen molar-refractivity contribution >= 4 is 5.91 Å². The molecule has 4 heteroatoms. The molecule has 1 heterocycles. The zero-order valence-corrected chi connectivity index (χ0v) is 12.5. The molecule has 0 fully saturated rings. The number of benzene rings is 1. The van der Waals surface area contributed by atoms with Gasteiger partial charge in [-0.2, -0.15) is 0 Å². The summed E-state index contributed by atoms with van der Waals surface area (Å²) in [5, 5.41) is 3.01. The summed E-state index contributed by atoms with van der Waals surface area (Å²) in [4.78, 5) is 12.0. The van der Waals surface area contributed by atoms with Gasteiger partial charge in [-0.05, 0) is 43.2 Å². The smallest absolute Gasteiger partial charge is 0.224 e. The number of nitrogens with one attached hydrogen (secondary N) is 1. The second kappa shape index (κ2) is 7.53. The van der Waals surface area contributed by atoms with Crippen LogP contribution in [-0.2, 0) is 17.6 Å². The number of rotatable bonds is 7. The van der Waals surface area contributed by atoms with E-state index in [0.29, 0.717) is 6.42 Å². The standard InChI is InChI=1S/C17H21NO3/c1-13(5-8-16-4-3-11-21-16)18-17(19)12-14-6-9-15(20-2)10-7-14/h3-4,6-7,9-11,13H,5,8,12H2,1-2H3,(H,18,19)/t13-/m0/s1. The number of carbonyl (C=O) groups is 1. The number of ether oxygens (including phenoxy) is 1. The molecule has 0 saturated heterocycles. The van der Waals surface area contributed by atoms with Crippen LogP contribution < -0.4 is 10.1 Å².